The van der Waals surface area contributed by atoms with Gasteiger partial charge in [-0.25, -0.2) is 0 Å². The van der Waals surface area contributed by atoms with Gasteiger partial charge in [-0.1, -0.05) is 167 Å². The van der Waals surface area contributed by atoms with E-state index in [9.17, 15) is 0 Å². The van der Waals surface area contributed by atoms with Gasteiger partial charge in [0.15, 0.2) is 0 Å². The summed E-state index contributed by atoms with van der Waals surface area (Å²) in [7, 11) is 0. The molecular formula is C57H58N2. The first-order chi connectivity index (χ1) is 29.1. The van der Waals surface area contributed by atoms with Gasteiger partial charge in [-0.15, -0.1) is 0 Å². The van der Waals surface area contributed by atoms with Crippen molar-refractivity contribution in [3.8, 4) is 11.1 Å². The van der Waals surface area contributed by atoms with Crippen LogP contribution in [0.2, 0.25) is 0 Å². The van der Waals surface area contributed by atoms with E-state index in [4.69, 9.17) is 0 Å². The van der Waals surface area contributed by atoms with Crippen molar-refractivity contribution < 1.29 is 0 Å². The van der Waals surface area contributed by atoms with E-state index >= 15 is 0 Å². The minimum atomic E-state index is 0.266. The first-order valence-corrected chi connectivity index (χ1v) is 21.9. The largest absolute Gasteiger partial charge is 0.274 e. The summed E-state index contributed by atoms with van der Waals surface area (Å²) in [6.45, 7) is 8.65. The Morgan fingerprint density at radius 1 is 0.610 bits per heavy atom. The SMILES string of the molecule is CC.CCCc1cc(C2=CCCC=C2)cc2c3ccccc3c3cc(-c4cccc(CC(c5ccc6c(c5)C=CC6)c5cccc6c5C=CCC6)c4)cc(C)c3c12.NN. The maximum absolute atomic E-state index is 4.00. The standard InChI is InChI=1S/C55H48.C2H6.H4N2/c1-3-14-44-33-46(38-16-5-4-6-17-38)35-53-50-25-10-9-24-49(50)52-34-45(29-36(2)54(52)55(44)53)41-21-11-15-37(30-41)31-51(43-28-27-39-19-12-22-42(39)32-43)48-26-13-20-40-18-7-8-23-47(40)48;2*1-2/h5,8-13,15-17,20-30,32-35,51H,3-4,6-7,14,18-19,31H2,1-2H3;1-2H3;1-2H2. The van der Waals surface area contributed by atoms with E-state index in [0.29, 0.717) is 0 Å². The van der Waals surface area contributed by atoms with Gasteiger partial charge in [0.05, 0.1) is 0 Å². The van der Waals surface area contributed by atoms with Crippen LogP contribution in [0.1, 0.15) is 108 Å². The fraction of sp³-hybridized carbons (Fsp3) is 0.228. The Morgan fingerprint density at radius 2 is 1.39 bits per heavy atom. The first-order valence-electron chi connectivity index (χ1n) is 21.9. The number of rotatable bonds is 8. The Kier molecular flexibility index (Phi) is 12.2. The number of fused-ring (bicyclic) bond motifs is 8. The van der Waals surface area contributed by atoms with Gasteiger partial charge in [-0.05, 0) is 169 Å². The highest BCUT2D eigenvalue weighted by Crippen LogP contribution is 2.43. The number of allylic oxidation sites excluding steroid dienone is 6. The third kappa shape index (κ3) is 7.76. The Hall–Kier alpha value is -5.80. The molecule has 59 heavy (non-hydrogen) atoms. The molecule has 0 bridgehead atoms. The summed E-state index contributed by atoms with van der Waals surface area (Å²) in [5, 5.41) is 8.27. The van der Waals surface area contributed by atoms with Crippen LogP contribution in [0, 0.1) is 6.92 Å². The molecule has 0 aliphatic heterocycles. The molecule has 7 aromatic rings. The molecule has 4 N–H and O–H groups in total. The van der Waals surface area contributed by atoms with Crippen LogP contribution in [0.4, 0.5) is 0 Å². The minimum Gasteiger partial charge on any atom is -0.274 e. The van der Waals surface area contributed by atoms with Crippen LogP contribution < -0.4 is 11.7 Å². The highest BCUT2D eigenvalue weighted by molar-refractivity contribution is 6.27. The molecule has 296 valence electrons. The fourth-order valence-electron chi connectivity index (χ4n) is 9.92. The predicted octanol–water partition coefficient (Wildman–Crippen LogP) is 14.6. The van der Waals surface area contributed by atoms with Crippen molar-refractivity contribution in [2.45, 2.75) is 85.0 Å². The number of hydrazine groups is 1. The average Bonchev–Trinajstić information content (AvgIpc) is 3.78. The Bertz CT molecular complexity index is 2790. The van der Waals surface area contributed by atoms with E-state index in [0.717, 1.165) is 51.4 Å². The molecule has 10 rings (SSSR count). The minimum absolute atomic E-state index is 0.266. The summed E-state index contributed by atoms with van der Waals surface area (Å²) >= 11 is 0. The van der Waals surface area contributed by atoms with Gasteiger partial charge in [0.25, 0.3) is 0 Å². The van der Waals surface area contributed by atoms with E-state index in [-0.39, 0.29) is 5.92 Å². The van der Waals surface area contributed by atoms with Crippen molar-refractivity contribution in [1.82, 2.24) is 0 Å². The molecule has 7 aromatic carbocycles. The van der Waals surface area contributed by atoms with Gasteiger partial charge in [0.2, 0.25) is 0 Å². The van der Waals surface area contributed by atoms with Crippen molar-refractivity contribution in [3.05, 3.63) is 195 Å². The van der Waals surface area contributed by atoms with Gasteiger partial charge in [0.1, 0.15) is 0 Å². The molecule has 2 nitrogen and oxygen atoms in total. The van der Waals surface area contributed by atoms with E-state index in [1.54, 1.807) is 0 Å². The summed E-state index contributed by atoms with van der Waals surface area (Å²) in [5.41, 5.74) is 18.1. The van der Waals surface area contributed by atoms with E-state index in [1.165, 1.54) is 105 Å². The number of hydrogen-bond donors (Lipinski definition) is 2. The van der Waals surface area contributed by atoms with Crippen molar-refractivity contribution >= 4 is 50.0 Å². The fourth-order valence-corrected chi connectivity index (χ4v) is 9.92. The number of benzene rings is 7. The molecule has 0 amide bonds. The molecule has 1 atom stereocenters. The highest BCUT2D eigenvalue weighted by atomic mass is 15.0. The lowest BCUT2D eigenvalue weighted by Gasteiger charge is -2.24. The third-order valence-corrected chi connectivity index (χ3v) is 12.5. The van der Waals surface area contributed by atoms with Crippen molar-refractivity contribution in [2.24, 2.45) is 11.7 Å². The smallest absolute Gasteiger partial charge is 0.0136 e. The zero-order valence-corrected chi connectivity index (χ0v) is 35.3. The quantitative estimate of drug-likeness (QED) is 0.0918. The molecule has 3 aliphatic carbocycles. The molecule has 1 unspecified atom stereocenters. The first kappa shape index (κ1) is 40.0. The van der Waals surface area contributed by atoms with Crippen molar-refractivity contribution in [1.29, 1.82) is 0 Å². The Morgan fingerprint density at radius 3 is 2.19 bits per heavy atom. The van der Waals surface area contributed by atoms with E-state index in [1.807, 2.05) is 13.8 Å². The maximum atomic E-state index is 4.00. The highest BCUT2D eigenvalue weighted by Gasteiger charge is 2.23. The lowest BCUT2D eigenvalue weighted by molar-refractivity contribution is 0.797. The lowest BCUT2D eigenvalue weighted by Crippen LogP contribution is -2.10. The van der Waals surface area contributed by atoms with E-state index in [2.05, 4.69) is 177 Å². The summed E-state index contributed by atoms with van der Waals surface area (Å²) < 4.78 is 0. The van der Waals surface area contributed by atoms with Gasteiger partial charge in [-0.2, -0.15) is 0 Å². The molecule has 0 fully saturated rings. The molecule has 3 aliphatic rings. The molecule has 0 heterocycles. The van der Waals surface area contributed by atoms with Crippen LogP contribution in [0.3, 0.4) is 0 Å². The number of hydrogen-bond acceptors (Lipinski definition) is 2. The Labute approximate surface area is 351 Å². The van der Waals surface area contributed by atoms with Crippen LogP contribution in [0.5, 0.6) is 0 Å². The molecule has 0 spiro atoms. The monoisotopic (exact) mass is 770 g/mol. The zero-order valence-electron chi connectivity index (χ0n) is 35.3. The van der Waals surface area contributed by atoms with Crippen molar-refractivity contribution in [3.63, 3.8) is 0 Å². The van der Waals surface area contributed by atoms with Gasteiger partial charge in [-0.3, -0.25) is 11.7 Å². The van der Waals surface area contributed by atoms with Crippen LogP contribution in [-0.4, -0.2) is 0 Å². The molecule has 0 radical (unpaired) electrons. The third-order valence-electron chi connectivity index (χ3n) is 12.5. The van der Waals surface area contributed by atoms with Gasteiger partial charge < -0.3 is 0 Å². The topological polar surface area (TPSA) is 52.0 Å². The van der Waals surface area contributed by atoms with Gasteiger partial charge in [0, 0.05) is 5.92 Å². The van der Waals surface area contributed by atoms with Crippen molar-refractivity contribution in [2.75, 3.05) is 0 Å². The summed E-state index contributed by atoms with van der Waals surface area (Å²) in [5.74, 6) is 8.27. The Balaban J connectivity index is 0.00000118. The van der Waals surface area contributed by atoms with Crippen LogP contribution in [0.15, 0.2) is 140 Å². The second kappa shape index (κ2) is 18.0. The van der Waals surface area contributed by atoms with Crippen LogP contribution in [-0.2, 0) is 25.7 Å². The molecule has 2 heteroatoms. The summed E-state index contributed by atoms with van der Waals surface area (Å²) in [6, 6.07) is 42.6. The molecule has 0 aromatic heterocycles. The molecule has 0 saturated heterocycles. The second-order valence-electron chi connectivity index (χ2n) is 16.1. The maximum Gasteiger partial charge on any atom is 0.0136 e. The van der Waals surface area contributed by atoms with E-state index < -0.39 is 0 Å². The summed E-state index contributed by atoms with van der Waals surface area (Å²) in [6.07, 6.45) is 25.1. The molecular weight excluding hydrogens is 713 g/mol. The number of aryl methyl sites for hydroxylation is 3. The molecule has 0 saturated carbocycles. The summed E-state index contributed by atoms with van der Waals surface area (Å²) in [4.78, 5) is 0. The number of nitrogens with two attached hydrogens (primary N) is 2. The van der Waals surface area contributed by atoms with Crippen LogP contribution in [0.25, 0.3) is 61.2 Å². The average molecular weight is 771 g/mol. The second-order valence-corrected chi connectivity index (χ2v) is 16.1. The normalized spacial score (nSPS) is 14.3. The zero-order chi connectivity index (χ0) is 40.9. The van der Waals surface area contributed by atoms with Gasteiger partial charge >= 0.3 is 0 Å². The predicted molar refractivity (Wildman–Crippen MR) is 258 cm³/mol. The van der Waals surface area contributed by atoms with Crippen LogP contribution >= 0.6 is 0 Å². The lowest BCUT2D eigenvalue weighted by atomic mass is 9.79.